The van der Waals surface area contributed by atoms with Crippen molar-refractivity contribution in [2.24, 2.45) is 0 Å². The maximum atomic E-state index is 13.5. The highest BCUT2D eigenvalue weighted by Crippen LogP contribution is 2.31. The Morgan fingerprint density at radius 2 is 1.86 bits per heavy atom. The van der Waals surface area contributed by atoms with E-state index in [9.17, 15) is 4.39 Å². The second-order valence-corrected chi connectivity index (χ2v) is 5.69. The molecular weight excluding hydrogens is 261 g/mol. The number of fused-ring (bicyclic) bond motifs is 2. The number of pyridine rings is 1. The molecule has 0 fully saturated rings. The lowest BCUT2D eigenvalue weighted by molar-refractivity contribution is 0.629. The molecule has 21 heavy (non-hydrogen) atoms. The molecule has 0 N–H and O–H groups in total. The van der Waals surface area contributed by atoms with Crippen LogP contribution < -0.4 is 0 Å². The van der Waals surface area contributed by atoms with Crippen molar-refractivity contribution in [1.29, 1.82) is 0 Å². The van der Waals surface area contributed by atoms with Crippen LogP contribution >= 0.6 is 0 Å². The molecule has 0 unspecified atom stereocenters. The summed E-state index contributed by atoms with van der Waals surface area (Å²) in [6, 6.07) is 15.5. The molecule has 0 bridgehead atoms. The van der Waals surface area contributed by atoms with Gasteiger partial charge in [-0.25, -0.2) is 4.39 Å². The largest absolute Gasteiger partial charge is 0.252 e. The molecule has 104 valence electrons. The van der Waals surface area contributed by atoms with Gasteiger partial charge in [-0.1, -0.05) is 30.3 Å². The third-order valence-electron chi connectivity index (χ3n) is 4.32. The predicted molar refractivity (Wildman–Crippen MR) is 83.0 cm³/mol. The van der Waals surface area contributed by atoms with Crippen LogP contribution in [0.25, 0.3) is 10.9 Å². The number of aromatic nitrogens is 1. The van der Waals surface area contributed by atoms with Crippen LogP contribution in [0.4, 0.5) is 4.39 Å². The van der Waals surface area contributed by atoms with Gasteiger partial charge >= 0.3 is 0 Å². The molecule has 1 heterocycles. The van der Waals surface area contributed by atoms with Crippen molar-refractivity contribution in [3.8, 4) is 0 Å². The first-order valence-electron chi connectivity index (χ1n) is 7.45. The Bertz CT molecular complexity index is 809. The van der Waals surface area contributed by atoms with Crippen molar-refractivity contribution in [2.75, 3.05) is 0 Å². The number of rotatable bonds is 2. The third-order valence-corrected chi connectivity index (χ3v) is 4.32. The highest BCUT2D eigenvalue weighted by molar-refractivity contribution is 5.84. The van der Waals surface area contributed by atoms with Crippen molar-refractivity contribution in [3.63, 3.8) is 0 Å². The zero-order valence-corrected chi connectivity index (χ0v) is 11.8. The van der Waals surface area contributed by atoms with Gasteiger partial charge in [-0.05, 0) is 54.5 Å². The van der Waals surface area contributed by atoms with E-state index >= 15 is 0 Å². The van der Waals surface area contributed by atoms with Gasteiger partial charge < -0.3 is 0 Å². The quantitative estimate of drug-likeness (QED) is 0.674. The molecule has 1 nitrogen and oxygen atoms in total. The molecule has 0 atom stereocenters. The van der Waals surface area contributed by atoms with Crippen molar-refractivity contribution >= 4 is 10.9 Å². The maximum absolute atomic E-state index is 13.5. The summed E-state index contributed by atoms with van der Waals surface area (Å²) in [7, 11) is 0. The molecule has 0 saturated carbocycles. The molecule has 3 aromatic rings. The van der Waals surface area contributed by atoms with Crippen LogP contribution in [0.3, 0.4) is 0 Å². The Hall–Kier alpha value is -2.22. The second-order valence-electron chi connectivity index (χ2n) is 5.69. The first-order chi connectivity index (χ1) is 10.3. The Kier molecular flexibility index (Phi) is 2.95. The molecule has 1 aliphatic rings. The summed E-state index contributed by atoms with van der Waals surface area (Å²) in [5.74, 6) is -0.210. The van der Waals surface area contributed by atoms with Crippen LogP contribution in [0.2, 0.25) is 0 Å². The molecular formula is C19H16FN. The molecule has 0 radical (unpaired) electrons. The molecule has 1 aliphatic carbocycles. The number of benzene rings is 2. The smallest absolute Gasteiger partial charge is 0.125 e. The molecule has 2 aromatic carbocycles. The fourth-order valence-electron chi connectivity index (χ4n) is 3.34. The first kappa shape index (κ1) is 12.5. The van der Waals surface area contributed by atoms with Gasteiger partial charge in [0, 0.05) is 17.1 Å². The summed E-state index contributed by atoms with van der Waals surface area (Å²) >= 11 is 0. The lowest BCUT2D eigenvalue weighted by Crippen LogP contribution is -2.00. The van der Waals surface area contributed by atoms with E-state index in [0.29, 0.717) is 0 Å². The minimum atomic E-state index is -0.210. The minimum absolute atomic E-state index is 0.210. The van der Waals surface area contributed by atoms with Gasteiger partial charge in [0.25, 0.3) is 0 Å². The van der Waals surface area contributed by atoms with Gasteiger partial charge in [0.15, 0.2) is 0 Å². The van der Waals surface area contributed by atoms with E-state index in [2.05, 4.69) is 29.2 Å². The van der Waals surface area contributed by atoms with E-state index in [0.717, 1.165) is 36.6 Å². The topological polar surface area (TPSA) is 12.9 Å². The zero-order chi connectivity index (χ0) is 14.2. The zero-order valence-electron chi connectivity index (χ0n) is 11.8. The Balaban J connectivity index is 1.93. The summed E-state index contributed by atoms with van der Waals surface area (Å²) in [4.78, 5) is 4.68. The lowest BCUT2D eigenvalue weighted by atomic mass is 9.95. The van der Waals surface area contributed by atoms with Crippen molar-refractivity contribution in [2.45, 2.75) is 25.7 Å². The van der Waals surface area contributed by atoms with E-state index in [1.165, 1.54) is 22.4 Å². The summed E-state index contributed by atoms with van der Waals surface area (Å²) in [6.45, 7) is 0. The van der Waals surface area contributed by atoms with Crippen LogP contribution in [0.15, 0.2) is 48.5 Å². The Labute approximate surface area is 123 Å². The van der Waals surface area contributed by atoms with Gasteiger partial charge in [-0.2, -0.15) is 0 Å². The number of nitrogens with zero attached hydrogens (tertiary/aromatic N) is 1. The van der Waals surface area contributed by atoms with Gasteiger partial charge in [0.05, 0.1) is 5.52 Å². The Morgan fingerprint density at radius 3 is 2.71 bits per heavy atom. The van der Waals surface area contributed by atoms with Crippen LogP contribution in [0.5, 0.6) is 0 Å². The molecule has 0 aliphatic heterocycles. The standard InChI is InChI=1S/C19H16FN/c20-14-9-10-16-17(11-13-5-2-1-3-6-13)15-7-4-8-18(15)21-19(16)12-14/h1-3,5-6,9-10,12H,4,7-8,11H2. The van der Waals surface area contributed by atoms with Crippen LogP contribution in [-0.4, -0.2) is 4.98 Å². The highest BCUT2D eigenvalue weighted by atomic mass is 19.1. The predicted octanol–water partition coefficient (Wildman–Crippen LogP) is 4.45. The highest BCUT2D eigenvalue weighted by Gasteiger charge is 2.19. The number of aryl methyl sites for hydroxylation is 1. The fourth-order valence-corrected chi connectivity index (χ4v) is 3.34. The second kappa shape index (κ2) is 4.96. The number of hydrogen-bond acceptors (Lipinski definition) is 1. The monoisotopic (exact) mass is 277 g/mol. The molecule has 1 aromatic heterocycles. The van der Waals surface area contributed by atoms with E-state index < -0.39 is 0 Å². The van der Waals surface area contributed by atoms with Gasteiger partial charge in [0.2, 0.25) is 0 Å². The van der Waals surface area contributed by atoms with Crippen LogP contribution in [0.1, 0.15) is 28.8 Å². The fraction of sp³-hybridized carbons (Fsp3) is 0.211. The normalized spacial score (nSPS) is 13.6. The third kappa shape index (κ3) is 2.21. The SMILES string of the molecule is Fc1ccc2c(Cc3ccccc3)c3c(nc2c1)CCC3. The summed E-state index contributed by atoms with van der Waals surface area (Å²) < 4.78 is 13.5. The molecule has 0 saturated heterocycles. The van der Waals surface area contributed by atoms with E-state index in [1.807, 2.05) is 12.1 Å². The van der Waals surface area contributed by atoms with Crippen molar-refractivity contribution in [3.05, 3.63) is 76.7 Å². The Morgan fingerprint density at radius 1 is 1.00 bits per heavy atom. The van der Waals surface area contributed by atoms with E-state index in [-0.39, 0.29) is 5.82 Å². The van der Waals surface area contributed by atoms with Gasteiger partial charge in [0.1, 0.15) is 5.82 Å². The summed E-state index contributed by atoms with van der Waals surface area (Å²) in [6.07, 6.45) is 4.16. The van der Waals surface area contributed by atoms with Crippen LogP contribution in [0, 0.1) is 5.82 Å². The molecule has 0 amide bonds. The average Bonchev–Trinajstić information content (AvgIpc) is 2.96. The van der Waals surface area contributed by atoms with Crippen LogP contribution in [-0.2, 0) is 19.3 Å². The molecule has 0 spiro atoms. The van der Waals surface area contributed by atoms with E-state index in [4.69, 9.17) is 0 Å². The molecule has 2 heteroatoms. The molecule has 4 rings (SSSR count). The van der Waals surface area contributed by atoms with E-state index in [1.54, 1.807) is 12.1 Å². The van der Waals surface area contributed by atoms with Crippen molar-refractivity contribution < 1.29 is 4.39 Å². The number of hydrogen-bond donors (Lipinski definition) is 0. The average molecular weight is 277 g/mol. The maximum Gasteiger partial charge on any atom is 0.125 e. The first-order valence-corrected chi connectivity index (χ1v) is 7.45. The van der Waals surface area contributed by atoms with Gasteiger partial charge in [-0.3, -0.25) is 4.98 Å². The van der Waals surface area contributed by atoms with Crippen molar-refractivity contribution in [1.82, 2.24) is 4.98 Å². The lowest BCUT2D eigenvalue weighted by Gasteiger charge is -2.13. The summed E-state index contributed by atoms with van der Waals surface area (Å²) in [5.41, 5.74) is 5.97. The summed E-state index contributed by atoms with van der Waals surface area (Å²) in [5, 5.41) is 1.10. The van der Waals surface area contributed by atoms with Gasteiger partial charge in [-0.15, -0.1) is 0 Å². The number of halogens is 1. The minimum Gasteiger partial charge on any atom is -0.252 e.